The van der Waals surface area contributed by atoms with Crippen molar-refractivity contribution in [3.05, 3.63) is 63.3 Å². The van der Waals surface area contributed by atoms with E-state index in [1.807, 2.05) is 19.1 Å². The molecule has 0 unspecified atom stereocenters. The number of fused-ring (bicyclic) bond motifs is 1. The van der Waals surface area contributed by atoms with Crippen molar-refractivity contribution >= 4 is 51.9 Å². The Morgan fingerprint density at radius 3 is 2.55 bits per heavy atom. The Labute approximate surface area is 186 Å². The minimum absolute atomic E-state index is 0.0558. The van der Waals surface area contributed by atoms with Crippen LogP contribution in [0, 0.1) is 6.92 Å². The molecule has 0 saturated heterocycles. The van der Waals surface area contributed by atoms with E-state index in [4.69, 9.17) is 37.0 Å². The van der Waals surface area contributed by atoms with Crippen molar-refractivity contribution in [1.82, 2.24) is 10.3 Å². The number of nitrogens with one attached hydrogen (secondary N) is 1. The quantitative estimate of drug-likeness (QED) is 0.415. The van der Waals surface area contributed by atoms with E-state index in [2.05, 4.69) is 15.6 Å². The molecule has 0 radical (unpaired) electrons. The fraction of sp³-hybridized carbons (Fsp3) is 0.143. The lowest BCUT2D eigenvalue weighted by Crippen LogP contribution is -2.17. The van der Waals surface area contributed by atoms with Crippen molar-refractivity contribution in [2.24, 2.45) is 0 Å². The second-order valence-corrected chi connectivity index (χ2v) is 7.49. The summed E-state index contributed by atoms with van der Waals surface area (Å²) in [5, 5.41) is 11.6. The maximum atomic E-state index is 12.7. The molecular weight excluding hydrogens is 445 g/mol. The second-order valence-electron chi connectivity index (χ2n) is 6.68. The first kappa shape index (κ1) is 20.9. The molecule has 2 aromatic carbocycles. The van der Waals surface area contributed by atoms with Gasteiger partial charge in [-0.1, -0.05) is 51.2 Å². The van der Waals surface area contributed by atoms with Gasteiger partial charge in [0.1, 0.15) is 11.4 Å². The van der Waals surface area contributed by atoms with Crippen LogP contribution in [0.25, 0.3) is 22.2 Å². The van der Waals surface area contributed by atoms with E-state index in [1.165, 1.54) is 7.11 Å². The summed E-state index contributed by atoms with van der Waals surface area (Å²) in [6.45, 7) is 1.93. The summed E-state index contributed by atoms with van der Waals surface area (Å²) in [5.74, 6) is -1.45. The van der Waals surface area contributed by atoms with E-state index in [1.54, 1.807) is 24.3 Å². The number of rotatable bonds is 5. The van der Waals surface area contributed by atoms with Crippen LogP contribution in [-0.2, 0) is 16.0 Å². The maximum Gasteiger partial charge on any atom is 0.345 e. The van der Waals surface area contributed by atoms with Gasteiger partial charge in [-0.3, -0.25) is 10.1 Å². The molecular formula is C21H15Cl2N3O5. The predicted octanol–water partition coefficient (Wildman–Crippen LogP) is 5.07. The Morgan fingerprint density at radius 2 is 1.84 bits per heavy atom. The number of esters is 1. The van der Waals surface area contributed by atoms with Gasteiger partial charge in [-0.2, -0.15) is 0 Å². The number of nitrogens with zero attached hydrogens (tertiary/aromatic N) is 2. The summed E-state index contributed by atoms with van der Waals surface area (Å²) in [7, 11) is 1.20. The molecule has 4 rings (SSSR count). The zero-order chi connectivity index (χ0) is 22.1. The van der Waals surface area contributed by atoms with Gasteiger partial charge in [-0.05, 0) is 31.2 Å². The molecule has 0 bridgehead atoms. The van der Waals surface area contributed by atoms with Crippen molar-refractivity contribution in [3.8, 4) is 11.3 Å². The summed E-state index contributed by atoms with van der Waals surface area (Å²) in [6, 6.07) is 10.4. The Morgan fingerprint density at radius 1 is 1.10 bits per heavy atom. The number of carbonyl (C=O) groups excluding carboxylic acids is 2. The second kappa shape index (κ2) is 8.41. The van der Waals surface area contributed by atoms with Gasteiger partial charge in [-0.25, -0.2) is 4.79 Å². The van der Waals surface area contributed by atoms with Crippen LogP contribution in [0.5, 0.6) is 0 Å². The molecule has 10 heteroatoms. The van der Waals surface area contributed by atoms with Crippen LogP contribution in [-0.4, -0.2) is 29.3 Å². The van der Waals surface area contributed by atoms with E-state index < -0.39 is 11.9 Å². The fourth-order valence-corrected chi connectivity index (χ4v) is 3.69. The first-order valence-electron chi connectivity index (χ1n) is 9.06. The van der Waals surface area contributed by atoms with Crippen molar-refractivity contribution in [2.45, 2.75) is 13.3 Å². The summed E-state index contributed by atoms with van der Waals surface area (Å²) in [5.41, 5.74) is 2.26. The van der Waals surface area contributed by atoms with E-state index in [9.17, 15) is 9.59 Å². The molecule has 1 N–H and O–H groups in total. The van der Waals surface area contributed by atoms with Crippen molar-refractivity contribution in [1.29, 1.82) is 0 Å². The van der Waals surface area contributed by atoms with Crippen LogP contribution in [0.4, 0.5) is 5.88 Å². The Kier molecular flexibility index (Phi) is 5.67. The number of benzene rings is 2. The average Bonchev–Trinajstić information content (AvgIpc) is 3.31. The molecule has 0 atom stereocenters. The van der Waals surface area contributed by atoms with E-state index in [0.717, 1.165) is 10.9 Å². The van der Waals surface area contributed by atoms with Crippen molar-refractivity contribution in [2.75, 3.05) is 12.4 Å². The number of amides is 1. The van der Waals surface area contributed by atoms with Crippen molar-refractivity contribution in [3.63, 3.8) is 0 Å². The zero-order valence-electron chi connectivity index (χ0n) is 16.4. The third kappa shape index (κ3) is 3.99. The van der Waals surface area contributed by atoms with E-state index >= 15 is 0 Å². The lowest BCUT2D eigenvalue weighted by atomic mass is 10.1. The molecule has 0 fully saturated rings. The molecule has 31 heavy (non-hydrogen) atoms. The Balaban J connectivity index is 1.67. The highest BCUT2D eigenvalue weighted by molar-refractivity contribution is 6.39. The number of carbonyl (C=O) groups is 2. The standard InChI is InChI=1S/C21H15Cl2N3O5/c1-10-6-7-15-11(8-10)14(25-30-15)9-16(27)24-20-18(21(28)29-2)19(26-31-20)17-12(22)4-3-5-13(17)23/h3-8H,9H2,1-2H3,(H,24,27). The summed E-state index contributed by atoms with van der Waals surface area (Å²) >= 11 is 12.5. The summed E-state index contributed by atoms with van der Waals surface area (Å²) < 4.78 is 15.3. The highest BCUT2D eigenvalue weighted by atomic mass is 35.5. The molecule has 0 aliphatic carbocycles. The van der Waals surface area contributed by atoms with Gasteiger partial charge in [0.05, 0.1) is 23.6 Å². The zero-order valence-corrected chi connectivity index (χ0v) is 17.9. The fourth-order valence-electron chi connectivity index (χ4n) is 3.11. The number of anilines is 1. The molecule has 0 saturated carbocycles. The largest absolute Gasteiger partial charge is 0.465 e. The number of aromatic nitrogens is 2. The lowest BCUT2D eigenvalue weighted by molar-refractivity contribution is -0.115. The number of halogens is 2. The third-order valence-corrected chi connectivity index (χ3v) is 5.19. The van der Waals surface area contributed by atoms with Crippen LogP contribution in [0.1, 0.15) is 21.6 Å². The van der Waals surface area contributed by atoms with Crippen LogP contribution < -0.4 is 5.32 Å². The highest BCUT2D eigenvalue weighted by Gasteiger charge is 2.29. The molecule has 0 aliphatic rings. The topological polar surface area (TPSA) is 107 Å². The van der Waals surface area contributed by atoms with Gasteiger partial charge in [0.15, 0.2) is 11.1 Å². The van der Waals surface area contributed by atoms with Crippen LogP contribution in [0.2, 0.25) is 10.0 Å². The van der Waals surface area contributed by atoms with Crippen molar-refractivity contribution < 1.29 is 23.4 Å². The van der Waals surface area contributed by atoms with Gasteiger partial charge in [0.2, 0.25) is 11.8 Å². The third-order valence-electron chi connectivity index (χ3n) is 4.56. The number of ether oxygens (including phenoxy) is 1. The van der Waals surface area contributed by atoms with E-state index in [-0.39, 0.29) is 39.2 Å². The van der Waals surface area contributed by atoms with Crippen LogP contribution in [0.3, 0.4) is 0 Å². The number of hydrogen-bond acceptors (Lipinski definition) is 7. The average molecular weight is 460 g/mol. The molecule has 2 heterocycles. The van der Waals surface area contributed by atoms with Gasteiger partial charge >= 0.3 is 5.97 Å². The van der Waals surface area contributed by atoms with E-state index in [0.29, 0.717) is 11.3 Å². The molecule has 1 amide bonds. The van der Waals surface area contributed by atoms with Gasteiger partial charge in [-0.15, -0.1) is 0 Å². The molecule has 158 valence electrons. The minimum atomic E-state index is -0.773. The smallest absolute Gasteiger partial charge is 0.345 e. The minimum Gasteiger partial charge on any atom is -0.465 e. The number of hydrogen-bond donors (Lipinski definition) is 1. The first-order valence-corrected chi connectivity index (χ1v) is 9.81. The Hall–Kier alpha value is -3.36. The summed E-state index contributed by atoms with van der Waals surface area (Å²) in [6.07, 6.45) is -0.111. The first-order chi connectivity index (χ1) is 14.9. The predicted molar refractivity (Wildman–Crippen MR) is 114 cm³/mol. The normalized spacial score (nSPS) is 11.0. The SMILES string of the molecule is COC(=O)c1c(-c2c(Cl)cccc2Cl)noc1NC(=O)Cc1noc2ccc(C)cc12. The van der Waals surface area contributed by atoms with Gasteiger partial charge < -0.3 is 13.8 Å². The molecule has 0 aliphatic heterocycles. The van der Waals surface area contributed by atoms with Gasteiger partial charge in [0.25, 0.3) is 0 Å². The lowest BCUT2D eigenvalue weighted by Gasteiger charge is -2.06. The highest BCUT2D eigenvalue weighted by Crippen LogP contribution is 2.38. The van der Waals surface area contributed by atoms with Crippen LogP contribution in [0.15, 0.2) is 45.4 Å². The maximum absolute atomic E-state index is 12.7. The molecule has 2 aromatic heterocycles. The number of aryl methyl sites for hydroxylation is 1. The number of methoxy groups -OCH3 is 1. The monoisotopic (exact) mass is 459 g/mol. The van der Waals surface area contributed by atoms with Gasteiger partial charge in [0, 0.05) is 10.9 Å². The molecule has 0 spiro atoms. The molecule has 4 aromatic rings. The molecule has 8 nitrogen and oxygen atoms in total. The summed E-state index contributed by atoms with van der Waals surface area (Å²) in [4.78, 5) is 25.1. The Bertz CT molecular complexity index is 1290. The van der Waals surface area contributed by atoms with Crippen LogP contribution >= 0.6 is 23.2 Å².